The number of hydrogen-bond acceptors (Lipinski definition) is 2. The molecule has 2 rings (SSSR count). The SMILES string of the molecule is CCC(C)(C)NC(=O)c1ccc(NC(=O)c2ccc(Cl)c(Cl)c2)cc1. The summed E-state index contributed by atoms with van der Waals surface area (Å²) in [6.45, 7) is 5.95. The zero-order valence-electron chi connectivity index (χ0n) is 14.3. The van der Waals surface area contributed by atoms with Crippen LogP contribution in [0.2, 0.25) is 10.0 Å². The third-order valence-electron chi connectivity index (χ3n) is 3.92. The Morgan fingerprint density at radius 2 is 1.52 bits per heavy atom. The Bertz CT molecular complexity index is 787. The fourth-order valence-corrected chi connectivity index (χ4v) is 2.31. The van der Waals surface area contributed by atoms with Gasteiger partial charge in [-0.3, -0.25) is 9.59 Å². The monoisotopic (exact) mass is 378 g/mol. The highest BCUT2D eigenvalue weighted by molar-refractivity contribution is 6.42. The van der Waals surface area contributed by atoms with E-state index < -0.39 is 0 Å². The molecule has 0 bridgehead atoms. The predicted molar refractivity (Wildman–Crippen MR) is 103 cm³/mol. The van der Waals surface area contributed by atoms with Crippen LogP contribution < -0.4 is 10.6 Å². The first kappa shape index (κ1) is 19.3. The molecule has 0 aliphatic heterocycles. The van der Waals surface area contributed by atoms with Crippen LogP contribution >= 0.6 is 23.2 Å². The van der Waals surface area contributed by atoms with E-state index >= 15 is 0 Å². The fourth-order valence-electron chi connectivity index (χ4n) is 2.01. The van der Waals surface area contributed by atoms with Gasteiger partial charge in [0.2, 0.25) is 0 Å². The number of halogens is 2. The maximum atomic E-state index is 12.2. The van der Waals surface area contributed by atoms with Crippen molar-refractivity contribution in [3.05, 3.63) is 63.6 Å². The Balaban J connectivity index is 2.06. The van der Waals surface area contributed by atoms with Gasteiger partial charge < -0.3 is 10.6 Å². The minimum absolute atomic E-state index is 0.144. The van der Waals surface area contributed by atoms with Crippen molar-refractivity contribution >= 4 is 40.7 Å². The van der Waals surface area contributed by atoms with Crippen LogP contribution in [0.25, 0.3) is 0 Å². The molecule has 4 nitrogen and oxygen atoms in total. The highest BCUT2D eigenvalue weighted by Gasteiger charge is 2.18. The van der Waals surface area contributed by atoms with Gasteiger partial charge in [-0.1, -0.05) is 30.1 Å². The molecule has 0 fully saturated rings. The maximum absolute atomic E-state index is 12.2. The minimum Gasteiger partial charge on any atom is -0.347 e. The molecular formula is C19H20Cl2N2O2. The molecule has 0 aliphatic rings. The van der Waals surface area contributed by atoms with E-state index in [4.69, 9.17) is 23.2 Å². The van der Waals surface area contributed by atoms with Crippen LogP contribution in [-0.4, -0.2) is 17.4 Å². The molecule has 0 saturated carbocycles. The number of carbonyl (C=O) groups excluding carboxylic acids is 2. The van der Waals surface area contributed by atoms with Crippen molar-refractivity contribution in [2.75, 3.05) is 5.32 Å². The number of nitrogens with one attached hydrogen (secondary N) is 2. The van der Waals surface area contributed by atoms with Crippen LogP contribution in [-0.2, 0) is 0 Å². The van der Waals surface area contributed by atoms with Gasteiger partial charge in [0, 0.05) is 22.4 Å². The molecule has 0 unspecified atom stereocenters. The van der Waals surface area contributed by atoms with E-state index in [1.165, 1.54) is 6.07 Å². The van der Waals surface area contributed by atoms with Crippen LogP contribution in [0.4, 0.5) is 5.69 Å². The normalized spacial score (nSPS) is 11.1. The standard InChI is InChI=1S/C19H20Cl2N2O2/c1-4-19(2,3)23-18(25)12-5-8-14(9-6-12)22-17(24)13-7-10-15(20)16(21)11-13/h5-11H,4H2,1-3H3,(H,22,24)(H,23,25). The quantitative estimate of drug-likeness (QED) is 0.754. The number of benzene rings is 2. The fraction of sp³-hybridized carbons (Fsp3) is 0.263. The smallest absolute Gasteiger partial charge is 0.255 e. The largest absolute Gasteiger partial charge is 0.347 e. The van der Waals surface area contributed by atoms with Crippen LogP contribution in [0, 0.1) is 0 Å². The summed E-state index contributed by atoms with van der Waals surface area (Å²) in [6, 6.07) is 11.4. The number of hydrogen-bond donors (Lipinski definition) is 2. The lowest BCUT2D eigenvalue weighted by Crippen LogP contribution is -2.42. The van der Waals surface area contributed by atoms with E-state index in [-0.39, 0.29) is 17.4 Å². The second kappa shape index (κ2) is 7.89. The average Bonchev–Trinajstić information content (AvgIpc) is 2.57. The lowest BCUT2D eigenvalue weighted by atomic mass is 10.0. The third-order valence-corrected chi connectivity index (χ3v) is 4.66. The van der Waals surface area contributed by atoms with Crippen molar-refractivity contribution in [2.45, 2.75) is 32.7 Å². The van der Waals surface area contributed by atoms with Gasteiger partial charge in [-0.2, -0.15) is 0 Å². The number of rotatable bonds is 5. The Morgan fingerprint density at radius 1 is 0.920 bits per heavy atom. The summed E-state index contributed by atoms with van der Waals surface area (Å²) < 4.78 is 0. The van der Waals surface area contributed by atoms with Crippen molar-refractivity contribution in [2.24, 2.45) is 0 Å². The van der Waals surface area contributed by atoms with Gasteiger partial charge in [-0.05, 0) is 62.7 Å². The zero-order chi connectivity index (χ0) is 18.6. The Kier molecular flexibility index (Phi) is 6.09. The molecule has 2 N–H and O–H groups in total. The molecule has 2 aromatic rings. The molecule has 25 heavy (non-hydrogen) atoms. The molecule has 2 aromatic carbocycles. The second-order valence-corrected chi connectivity index (χ2v) is 7.17. The van der Waals surface area contributed by atoms with Gasteiger partial charge in [0.25, 0.3) is 11.8 Å². The van der Waals surface area contributed by atoms with Gasteiger partial charge in [-0.25, -0.2) is 0 Å². The van der Waals surface area contributed by atoms with Crippen molar-refractivity contribution in [3.8, 4) is 0 Å². The summed E-state index contributed by atoms with van der Waals surface area (Å²) in [5.41, 5.74) is 1.26. The number of amides is 2. The molecule has 0 aliphatic carbocycles. The van der Waals surface area contributed by atoms with Gasteiger partial charge in [0.15, 0.2) is 0 Å². The summed E-state index contributed by atoms with van der Waals surface area (Å²) in [7, 11) is 0. The van der Waals surface area contributed by atoms with E-state index in [9.17, 15) is 9.59 Å². The lowest BCUT2D eigenvalue weighted by Gasteiger charge is -2.24. The molecule has 0 aromatic heterocycles. The molecule has 0 heterocycles. The first-order valence-corrected chi connectivity index (χ1v) is 8.66. The molecule has 2 amide bonds. The minimum atomic E-state index is -0.303. The molecular weight excluding hydrogens is 359 g/mol. The van der Waals surface area contributed by atoms with Crippen molar-refractivity contribution in [1.29, 1.82) is 0 Å². The summed E-state index contributed by atoms with van der Waals surface area (Å²) in [5, 5.41) is 6.44. The van der Waals surface area contributed by atoms with Gasteiger partial charge in [0.05, 0.1) is 10.0 Å². The topological polar surface area (TPSA) is 58.2 Å². The van der Waals surface area contributed by atoms with Crippen molar-refractivity contribution < 1.29 is 9.59 Å². The van der Waals surface area contributed by atoms with Crippen molar-refractivity contribution in [3.63, 3.8) is 0 Å². The maximum Gasteiger partial charge on any atom is 0.255 e. The first-order valence-electron chi connectivity index (χ1n) is 7.91. The summed E-state index contributed by atoms with van der Waals surface area (Å²) in [4.78, 5) is 24.4. The molecule has 0 spiro atoms. The highest BCUT2D eigenvalue weighted by Crippen LogP contribution is 2.23. The third kappa shape index (κ3) is 5.21. The van der Waals surface area contributed by atoms with Crippen molar-refractivity contribution in [1.82, 2.24) is 5.32 Å². The Hall–Kier alpha value is -2.04. The van der Waals surface area contributed by atoms with E-state index in [1.54, 1.807) is 36.4 Å². The molecule has 132 valence electrons. The van der Waals surface area contributed by atoms with Crippen LogP contribution in [0.3, 0.4) is 0 Å². The van der Waals surface area contributed by atoms with E-state index in [0.717, 1.165) is 6.42 Å². The molecule has 0 radical (unpaired) electrons. The highest BCUT2D eigenvalue weighted by atomic mass is 35.5. The van der Waals surface area contributed by atoms with Gasteiger partial charge in [0.1, 0.15) is 0 Å². The average molecular weight is 379 g/mol. The zero-order valence-corrected chi connectivity index (χ0v) is 15.8. The molecule has 0 atom stereocenters. The Labute approximate surface area is 157 Å². The van der Waals surface area contributed by atoms with Crippen LogP contribution in [0.5, 0.6) is 0 Å². The predicted octanol–water partition coefficient (Wildman–Crippen LogP) is 5.16. The summed E-state index contributed by atoms with van der Waals surface area (Å²) >= 11 is 11.8. The Morgan fingerprint density at radius 3 is 2.08 bits per heavy atom. The van der Waals surface area contributed by atoms with E-state index in [0.29, 0.717) is 26.9 Å². The van der Waals surface area contributed by atoms with Gasteiger partial charge in [-0.15, -0.1) is 0 Å². The second-order valence-electron chi connectivity index (χ2n) is 6.35. The van der Waals surface area contributed by atoms with E-state index in [2.05, 4.69) is 10.6 Å². The number of anilines is 1. The number of carbonyl (C=O) groups is 2. The lowest BCUT2D eigenvalue weighted by molar-refractivity contribution is 0.0911. The summed E-state index contributed by atoms with van der Waals surface area (Å²) in [6.07, 6.45) is 0.830. The first-order chi connectivity index (χ1) is 11.7. The van der Waals surface area contributed by atoms with Crippen LogP contribution in [0.1, 0.15) is 47.9 Å². The molecule has 6 heteroatoms. The summed E-state index contributed by atoms with van der Waals surface area (Å²) in [5.74, 6) is -0.447. The van der Waals surface area contributed by atoms with Crippen LogP contribution in [0.15, 0.2) is 42.5 Å². The molecule has 0 saturated heterocycles. The van der Waals surface area contributed by atoms with E-state index in [1.807, 2.05) is 20.8 Å². The van der Waals surface area contributed by atoms with Gasteiger partial charge >= 0.3 is 0 Å².